The Kier molecular flexibility index (Phi) is 2360. The van der Waals surface area contributed by atoms with Crippen molar-refractivity contribution in [2.45, 2.75) is 0 Å². The third kappa shape index (κ3) is 52.5. The summed E-state index contributed by atoms with van der Waals surface area (Å²) in [7, 11) is 0. The van der Waals surface area contributed by atoms with Crippen molar-refractivity contribution in [3.8, 4) is 0 Å². The SMILES string of the molecule is F.F.F.F.[SbH3].[Zr]. The summed E-state index contributed by atoms with van der Waals surface area (Å²) >= 11 is 0. The van der Waals surface area contributed by atoms with E-state index in [2.05, 4.69) is 0 Å². The summed E-state index contributed by atoms with van der Waals surface area (Å²) in [6.07, 6.45) is 0. The van der Waals surface area contributed by atoms with E-state index in [0.717, 1.165) is 0 Å². The predicted octanol–water partition coefficient (Wildman–Crippen LogP) is -0.576. The first-order valence-corrected chi connectivity index (χ1v) is 0. The van der Waals surface area contributed by atoms with Gasteiger partial charge in [0.05, 0.1) is 0 Å². The summed E-state index contributed by atoms with van der Waals surface area (Å²) in [4.78, 5) is 0. The minimum absolute atomic E-state index is 0. The maximum atomic E-state index is 0. The number of hydrogen-bond donors (Lipinski definition) is 0. The molecular formula is H7F4SbZr. The first kappa shape index (κ1) is 151. The van der Waals surface area contributed by atoms with Crippen LogP contribution < -0.4 is 0 Å². The number of hydrogen-bond acceptors (Lipinski definition) is 0. The van der Waals surface area contributed by atoms with Crippen LogP contribution in [0.15, 0.2) is 0 Å². The van der Waals surface area contributed by atoms with Crippen molar-refractivity contribution < 1.29 is 45.0 Å². The van der Waals surface area contributed by atoms with Gasteiger partial charge in [-0.15, -0.1) is 0 Å². The Morgan fingerprint density at radius 1 is 0.500 bits per heavy atom. The molecule has 0 saturated carbocycles. The minimum Gasteiger partial charge on any atom is 0 e. The summed E-state index contributed by atoms with van der Waals surface area (Å²) in [5.74, 6) is 0. The van der Waals surface area contributed by atoms with Gasteiger partial charge < -0.3 is 0 Å². The molecule has 0 aromatic rings. The van der Waals surface area contributed by atoms with Crippen LogP contribution in [0.5, 0.6) is 0 Å². The molecule has 0 nitrogen and oxygen atoms in total. The van der Waals surface area contributed by atoms with Gasteiger partial charge in [-0.2, -0.15) is 0 Å². The molecule has 0 aromatic heterocycles. The van der Waals surface area contributed by atoms with E-state index in [1.807, 2.05) is 0 Å². The van der Waals surface area contributed by atoms with Crippen molar-refractivity contribution in [1.82, 2.24) is 0 Å². The van der Waals surface area contributed by atoms with Crippen LogP contribution in [0.2, 0.25) is 0 Å². The molecule has 6 heteroatoms. The average molecular weight is 296 g/mol. The van der Waals surface area contributed by atoms with Crippen molar-refractivity contribution in [3.63, 3.8) is 0 Å². The van der Waals surface area contributed by atoms with Crippen LogP contribution in [-0.4, -0.2) is 24.4 Å². The Balaban J connectivity index is 0. The Morgan fingerprint density at radius 3 is 0.500 bits per heavy atom. The topological polar surface area (TPSA) is 0 Å². The van der Waals surface area contributed by atoms with E-state index in [9.17, 15) is 0 Å². The number of rotatable bonds is 0. The van der Waals surface area contributed by atoms with E-state index in [1.54, 1.807) is 0 Å². The van der Waals surface area contributed by atoms with Crippen LogP contribution >= 0.6 is 0 Å². The minimum atomic E-state index is 0. The fourth-order valence-corrected chi connectivity index (χ4v) is 0. The van der Waals surface area contributed by atoms with Crippen LogP contribution in [0.4, 0.5) is 18.8 Å². The second-order valence-electron chi connectivity index (χ2n) is 0. The van der Waals surface area contributed by atoms with Gasteiger partial charge in [0.15, 0.2) is 0 Å². The zero-order valence-electron chi connectivity index (χ0n) is 2.84. The monoisotopic (exact) mass is 294 g/mol. The Labute approximate surface area is 69.1 Å². The molecule has 0 fully saturated rings. The molecule has 0 aliphatic heterocycles. The quantitative estimate of drug-likeness (QED) is 0.415. The van der Waals surface area contributed by atoms with Gasteiger partial charge in [-0.25, -0.2) is 0 Å². The Morgan fingerprint density at radius 2 is 0.500 bits per heavy atom. The zero-order valence-corrected chi connectivity index (χ0v) is 9.33. The standard InChI is InChI=1S/4FH.Sb.Zr.3H/h4*1H;;;;;. The van der Waals surface area contributed by atoms with Gasteiger partial charge in [-0.1, -0.05) is 0 Å². The van der Waals surface area contributed by atoms with Crippen molar-refractivity contribution in [3.05, 3.63) is 0 Å². The molecule has 44 valence electrons. The molecule has 0 aromatic carbocycles. The largest absolute Gasteiger partial charge is 0 e. The van der Waals surface area contributed by atoms with Crippen LogP contribution in [0.25, 0.3) is 0 Å². The molecule has 0 N–H and O–H groups in total. The molecule has 0 heterocycles. The molecular weight excluding hydrogens is 289 g/mol. The van der Waals surface area contributed by atoms with E-state index in [1.165, 1.54) is 0 Å². The summed E-state index contributed by atoms with van der Waals surface area (Å²) in [5.41, 5.74) is 0. The molecule has 0 rings (SSSR count). The van der Waals surface area contributed by atoms with Gasteiger partial charge in [-0.3, -0.25) is 18.8 Å². The van der Waals surface area contributed by atoms with Crippen molar-refractivity contribution in [2.75, 3.05) is 0 Å². The summed E-state index contributed by atoms with van der Waals surface area (Å²) in [6.45, 7) is 0. The number of halogens is 4. The molecule has 0 spiro atoms. The van der Waals surface area contributed by atoms with Crippen LogP contribution in [-0.2, 0) is 26.2 Å². The molecule has 0 amide bonds. The van der Waals surface area contributed by atoms with Crippen LogP contribution in [0.3, 0.4) is 0 Å². The maximum Gasteiger partial charge on any atom is 0 e. The normalized spacial score (nSPS) is 0. The van der Waals surface area contributed by atoms with Crippen LogP contribution in [0.1, 0.15) is 0 Å². The summed E-state index contributed by atoms with van der Waals surface area (Å²) in [5, 5.41) is 0. The van der Waals surface area contributed by atoms with Gasteiger partial charge in [-0.05, 0) is 0 Å². The van der Waals surface area contributed by atoms with Gasteiger partial charge in [0, 0.05) is 26.2 Å². The van der Waals surface area contributed by atoms with E-state index in [-0.39, 0.29) is 69.4 Å². The molecule has 0 aliphatic rings. The van der Waals surface area contributed by atoms with Crippen molar-refractivity contribution >= 4 is 24.4 Å². The molecule has 6 heavy (non-hydrogen) atoms. The van der Waals surface area contributed by atoms with E-state index < -0.39 is 0 Å². The molecule has 0 bridgehead atoms. The van der Waals surface area contributed by atoms with Crippen LogP contribution in [0, 0.1) is 0 Å². The molecule has 0 radical (unpaired) electrons. The fourth-order valence-electron chi connectivity index (χ4n) is 0. The zero-order chi connectivity index (χ0) is 0. The van der Waals surface area contributed by atoms with Crippen molar-refractivity contribution in [2.24, 2.45) is 0 Å². The average Bonchev–Trinajstić information content (AvgIpc) is 0. The van der Waals surface area contributed by atoms with Gasteiger partial charge in [0.1, 0.15) is 0 Å². The van der Waals surface area contributed by atoms with Gasteiger partial charge >= 0.3 is 24.4 Å². The predicted molar refractivity (Wildman–Crippen MR) is 20.0 cm³/mol. The molecule has 0 aliphatic carbocycles. The molecule has 0 atom stereocenters. The second-order valence-corrected chi connectivity index (χ2v) is 0. The Hall–Kier alpha value is 1.42. The fraction of sp³-hybridized carbons (Fsp3) is 0. The third-order valence-corrected chi connectivity index (χ3v) is 0. The first-order chi connectivity index (χ1) is 0. The van der Waals surface area contributed by atoms with E-state index in [0.29, 0.717) is 0 Å². The van der Waals surface area contributed by atoms with Crippen molar-refractivity contribution in [1.29, 1.82) is 0 Å². The van der Waals surface area contributed by atoms with Gasteiger partial charge in [0.25, 0.3) is 0 Å². The Bertz CT molecular complexity index is 7.51. The van der Waals surface area contributed by atoms with E-state index in [4.69, 9.17) is 0 Å². The third-order valence-electron chi connectivity index (χ3n) is 0. The van der Waals surface area contributed by atoms with E-state index >= 15 is 0 Å². The molecule has 0 unspecified atom stereocenters. The molecule has 0 saturated heterocycles. The smallest absolute Gasteiger partial charge is 0 e. The van der Waals surface area contributed by atoms with Gasteiger partial charge in [0.2, 0.25) is 0 Å². The summed E-state index contributed by atoms with van der Waals surface area (Å²) < 4.78 is 0. The second kappa shape index (κ2) is 93.4. The first-order valence-electron chi connectivity index (χ1n) is 0. The summed E-state index contributed by atoms with van der Waals surface area (Å²) in [6, 6.07) is 0. The maximum absolute atomic E-state index is 0.